The quantitative estimate of drug-likeness (QED) is 0.790. The van der Waals surface area contributed by atoms with Crippen molar-refractivity contribution in [2.24, 2.45) is 0 Å². The molecule has 4 rings (SSSR count). The molecule has 130 valence electrons. The van der Waals surface area contributed by atoms with Crippen LogP contribution in [0, 0.1) is 0 Å². The zero-order valence-corrected chi connectivity index (χ0v) is 13.0. The first kappa shape index (κ1) is 15.9. The van der Waals surface area contributed by atoms with Gasteiger partial charge in [-0.25, -0.2) is 9.78 Å². The first-order valence-corrected chi connectivity index (χ1v) is 7.79. The highest BCUT2D eigenvalue weighted by Gasteiger charge is 2.30. The Labute approximate surface area is 140 Å². The number of nitrogens with zero attached hydrogens (tertiary/aromatic N) is 2. The van der Waals surface area contributed by atoms with Crippen LogP contribution in [0.3, 0.4) is 0 Å². The molecule has 2 aromatic heterocycles. The lowest BCUT2D eigenvalue weighted by Crippen LogP contribution is -2.34. The minimum atomic E-state index is -4.41. The Morgan fingerprint density at radius 3 is 2.76 bits per heavy atom. The summed E-state index contributed by atoms with van der Waals surface area (Å²) in [6, 6.07) is 6.72. The molecule has 3 aromatic rings. The molecule has 25 heavy (non-hydrogen) atoms. The predicted molar refractivity (Wildman–Crippen MR) is 85.1 cm³/mol. The van der Waals surface area contributed by atoms with Crippen molar-refractivity contribution in [2.45, 2.75) is 25.2 Å². The van der Waals surface area contributed by atoms with E-state index in [0.717, 1.165) is 18.6 Å². The molecule has 0 bridgehead atoms. The summed E-state index contributed by atoms with van der Waals surface area (Å²) in [4.78, 5) is 18.9. The van der Waals surface area contributed by atoms with Crippen molar-refractivity contribution in [3.8, 4) is 11.1 Å². The second kappa shape index (κ2) is 5.73. The molecule has 0 saturated carbocycles. The van der Waals surface area contributed by atoms with Gasteiger partial charge in [-0.3, -0.25) is 9.55 Å². The summed E-state index contributed by atoms with van der Waals surface area (Å²) in [5.41, 5.74) is 0.833. The first-order chi connectivity index (χ1) is 11.9. The van der Waals surface area contributed by atoms with Gasteiger partial charge in [0.05, 0.1) is 23.7 Å². The number of benzene rings is 1. The van der Waals surface area contributed by atoms with Crippen LogP contribution in [-0.2, 0) is 17.5 Å². The minimum absolute atomic E-state index is 0.0195. The Kier molecular flexibility index (Phi) is 3.64. The normalized spacial score (nSPS) is 17.6. The average Bonchev–Trinajstić information content (AvgIpc) is 2.85. The molecule has 1 saturated heterocycles. The predicted octanol–water partition coefficient (Wildman–Crippen LogP) is 3.20. The van der Waals surface area contributed by atoms with Gasteiger partial charge in [0.25, 0.3) is 0 Å². The molecule has 1 N–H and O–H groups in total. The summed E-state index contributed by atoms with van der Waals surface area (Å²) >= 11 is 0. The molecule has 0 amide bonds. The number of aromatic nitrogens is 3. The third kappa shape index (κ3) is 2.93. The summed E-state index contributed by atoms with van der Waals surface area (Å²) in [6.45, 7) is 1.07. The topological polar surface area (TPSA) is 59.9 Å². The zero-order chi connectivity index (χ0) is 17.6. The number of fused-ring (bicyclic) bond motifs is 1. The number of H-pyrrole nitrogens is 1. The van der Waals surface area contributed by atoms with Crippen LogP contribution >= 0.6 is 0 Å². The van der Waals surface area contributed by atoms with E-state index in [1.807, 2.05) is 0 Å². The SMILES string of the molecule is O=c1[nH]c2ncc(-c3cccc(C(F)(F)F)c3)cc2n1C[C@H]1CCO1. The van der Waals surface area contributed by atoms with Gasteiger partial charge in [-0.1, -0.05) is 12.1 Å². The molecule has 1 aliphatic heterocycles. The molecule has 1 aromatic carbocycles. The number of hydrogen-bond donors (Lipinski definition) is 1. The van der Waals surface area contributed by atoms with Gasteiger partial charge in [-0.05, 0) is 30.2 Å². The number of hydrogen-bond acceptors (Lipinski definition) is 3. The van der Waals surface area contributed by atoms with E-state index in [0.29, 0.717) is 35.4 Å². The fraction of sp³-hybridized carbons (Fsp3) is 0.294. The fourth-order valence-electron chi connectivity index (χ4n) is 2.88. The van der Waals surface area contributed by atoms with E-state index in [-0.39, 0.29) is 11.8 Å². The van der Waals surface area contributed by atoms with E-state index in [4.69, 9.17) is 4.74 Å². The fourth-order valence-corrected chi connectivity index (χ4v) is 2.88. The monoisotopic (exact) mass is 349 g/mol. The van der Waals surface area contributed by atoms with Crippen LogP contribution in [0.4, 0.5) is 13.2 Å². The lowest BCUT2D eigenvalue weighted by molar-refractivity contribution is -0.137. The van der Waals surface area contributed by atoms with E-state index in [1.54, 1.807) is 12.1 Å². The molecule has 1 atom stereocenters. The zero-order valence-electron chi connectivity index (χ0n) is 13.0. The molecule has 8 heteroatoms. The lowest BCUT2D eigenvalue weighted by Gasteiger charge is -2.26. The smallest absolute Gasteiger partial charge is 0.376 e. The van der Waals surface area contributed by atoms with Crippen LogP contribution in [0.25, 0.3) is 22.3 Å². The third-order valence-corrected chi connectivity index (χ3v) is 4.33. The van der Waals surface area contributed by atoms with Crippen molar-refractivity contribution in [1.82, 2.24) is 14.5 Å². The van der Waals surface area contributed by atoms with Crippen LogP contribution in [-0.4, -0.2) is 27.2 Å². The Hall–Kier alpha value is -2.61. The van der Waals surface area contributed by atoms with E-state index in [9.17, 15) is 18.0 Å². The van der Waals surface area contributed by atoms with Crippen LogP contribution in [0.1, 0.15) is 12.0 Å². The second-order valence-corrected chi connectivity index (χ2v) is 5.99. The van der Waals surface area contributed by atoms with Crippen molar-refractivity contribution in [2.75, 3.05) is 6.61 Å². The molecular weight excluding hydrogens is 335 g/mol. The summed E-state index contributed by atoms with van der Waals surface area (Å²) in [7, 11) is 0. The van der Waals surface area contributed by atoms with Crippen LogP contribution in [0.2, 0.25) is 0 Å². The molecule has 5 nitrogen and oxygen atoms in total. The van der Waals surface area contributed by atoms with Crippen molar-refractivity contribution in [3.63, 3.8) is 0 Å². The summed E-state index contributed by atoms with van der Waals surface area (Å²) in [5.74, 6) is 0. The van der Waals surface area contributed by atoms with Gasteiger partial charge in [0.15, 0.2) is 5.65 Å². The minimum Gasteiger partial charge on any atom is -0.376 e. The van der Waals surface area contributed by atoms with Gasteiger partial charge in [-0.15, -0.1) is 0 Å². The van der Waals surface area contributed by atoms with Crippen LogP contribution in [0.15, 0.2) is 41.3 Å². The van der Waals surface area contributed by atoms with Gasteiger partial charge in [-0.2, -0.15) is 13.2 Å². The number of pyridine rings is 1. The largest absolute Gasteiger partial charge is 0.416 e. The number of alkyl halides is 3. The van der Waals surface area contributed by atoms with E-state index in [2.05, 4.69) is 9.97 Å². The third-order valence-electron chi connectivity index (χ3n) is 4.33. The Morgan fingerprint density at radius 1 is 1.28 bits per heavy atom. The van der Waals surface area contributed by atoms with Crippen molar-refractivity contribution < 1.29 is 17.9 Å². The maximum atomic E-state index is 12.9. The molecule has 1 fully saturated rings. The summed E-state index contributed by atoms with van der Waals surface area (Å²) in [6.07, 6.45) is -2.10. The van der Waals surface area contributed by atoms with E-state index in [1.165, 1.54) is 16.8 Å². The van der Waals surface area contributed by atoms with Gasteiger partial charge < -0.3 is 4.74 Å². The standard InChI is InChI=1S/C17H14F3N3O2/c18-17(19,20)12-3-1-2-10(6-12)11-7-14-15(21-8-11)22-16(24)23(14)9-13-4-5-25-13/h1-3,6-8,13H,4-5,9H2,(H,21,22,24)/t13-/m1/s1. The maximum Gasteiger partial charge on any atom is 0.416 e. The highest BCUT2D eigenvalue weighted by molar-refractivity contribution is 5.78. The lowest BCUT2D eigenvalue weighted by atomic mass is 10.0. The number of imidazole rings is 1. The number of halogens is 3. The van der Waals surface area contributed by atoms with Gasteiger partial charge in [0, 0.05) is 18.4 Å². The number of ether oxygens (including phenoxy) is 1. The number of aromatic amines is 1. The molecule has 0 radical (unpaired) electrons. The Bertz CT molecular complexity index is 987. The second-order valence-electron chi connectivity index (χ2n) is 5.99. The molecule has 0 unspecified atom stereocenters. The Morgan fingerprint density at radius 2 is 2.08 bits per heavy atom. The Balaban J connectivity index is 1.78. The summed E-state index contributed by atoms with van der Waals surface area (Å²) in [5, 5.41) is 0. The van der Waals surface area contributed by atoms with Gasteiger partial charge in [0.2, 0.25) is 0 Å². The van der Waals surface area contributed by atoms with Crippen LogP contribution < -0.4 is 5.69 Å². The molecular formula is C17H14F3N3O2. The van der Waals surface area contributed by atoms with Gasteiger partial charge in [0.1, 0.15) is 0 Å². The van der Waals surface area contributed by atoms with E-state index < -0.39 is 11.7 Å². The molecule has 3 heterocycles. The average molecular weight is 349 g/mol. The summed E-state index contributed by atoms with van der Waals surface area (Å²) < 4.78 is 45.6. The molecule has 0 spiro atoms. The number of nitrogens with one attached hydrogen (secondary N) is 1. The van der Waals surface area contributed by atoms with Gasteiger partial charge >= 0.3 is 11.9 Å². The first-order valence-electron chi connectivity index (χ1n) is 7.79. The maximum absolute atomic E-state index is 12.9. The highest BCUT2D eigenvalue weighted by Crippen LogP contribution is 2.32. The number of rotatable bonds is 3. The van der Waals surface area contributed by atoms with Crippen molar-refractivity contribution in [3.05, 3.63) is 52.6 Å². The molecule has 0 aliphatic carbocycles. The van der Waals surface area contributed by atoms with Crippen molar-refractivity contribution in [1.29, 1.82) is 0 Å². The van der Waals surface area contributed by atoms with E-state index >= 15 is 0 Å². The van der Waals surface area contributed by atoms with Crippen LogP contribution in [0.5, 0.6) is 0 Å². The van der Waals surface area contributed by atoms with Crippen molar-refractivity contribution >= 4 is 11.2 Å². The molecule has 1 aliphatic rings. The highest BCUT2D eigenvalue weighted by atomic mass is 19.4.